The molecule has 12 atom stereocenters. The number of nitrogens with zero attached hydrogens (tertiary/aromatic N) is 1. The van der Waals surface area contributed by atoms with Crippen molar-refractivity contribution >= 4 is 5.78 Å². The molecule has 6 N–H and O–H groups in total. The third-order valence-corrected chi connectivity index (χ3v) is 12.0. The molecule has 0 amide bonds. The monoisotopic (exact) mass is 540 g/mol. The van der Waals surface area contributed by atoms with Crippen molar-refractivity contribution in [2.45, 2.75) is 83.5 Å². The van der Waals surface area contributed by atoms with Crippen LogP contribution in [-0.2, 0) is 4.79 Å². The van der Waals surface area contributed by atoms with E-state index in [2.05, 4.69) is 24.5 Å². The summed E-state index contributed by atoms with van der Waals surface area (Å²) >= 11 is 0. The van der Waals surface area contributed by atoms with Crippen LogP contribution < -0.4 is 5.73 Å². The number of carbonyl (C=O) groups excluding carboxylic acids is 1. The second-order valence-corrected chi connectivity index (χ2v) is 14.7. The molecule has 216 valence electrons. The average molecular weight is 541 g/mol. The molecule has 6 rings (SSSR count). The van der Waals surface area contributed by atoms with Gasteiger partial charge in [0.15, 0.2) is 5.78 Å². The van der Waals surface area contributed by atoms with E-state index in [1.165, 1.54) is 51.7 Å². The van der Waals surface area contributed by atoms with Gasteiger partial charge in [-0.1, -0.05) is 32.6 Å². The second kappa shape index (κ2) is 9.71. The summed E-state index contributed by atoms with van der Waals surface area (Å²) in [5, 5.41) is 45.7. The van der Waals surface area contributed by atoms with Crippen LogP contribution in [-0.4, -0.2) is 69.1 Å². The lowest BCUT2D eigenvalue weighted by Gasteiger charge is -2.64. The van der Waals surface area contributed by atoms with Gasteiger partial charge in [0.25, 0.3) is 0 Å². The summed E-state index contributed by atoms with van der Waals surface area (Å²) in [7, 11) is 0. The Kier molecular flexibility index (Phi) is 6.85. The SMILES string of the molecule is C=C(N)C1=C(O)C[C@]2(C)C[C@]3(C)CC4C(C5CC[C@@H](CN6CCCC6)C5)C=CC(O)C4C(O)C3C(O)C2C1=O. The number of ketones is 1. The molecule has 7 nitrogen and oxygen atoms in total. The van der Waals surface area contributed by atoms with Gasteiger partial charge < -0.3 is 31.1 Å². The number of Topliss-reactive ketones (excluding diaryl/α,β-unsaturated/α-hetero) is 1. The van der Waals surface area contributed by atoms with Gasteiger partial charge in [-0.2, -0.15) is 0 Å². The summed E-state index contributed by atoms with van der Waals surface area (Å²) in [6.45, 7) is 11.5. The molecule has 6 aliphatic rings. The van der Waals surface area contributed by atoms with E-state index in [-0.39, 0.29) is 41.1 Å². The topological polar surface area (TPSA) is 127 Å². The Labute approximate surface area is 232 Å². The number of hydrogen-bond donors (Lipinski definition) is 5. The van der Waals surface area contributed by atoms with Crippen molar-refractivity contribution in [1.29, 1.82) is 0 Å². The number of allylic oxidation sites excluding steroid dienone is 3. The van der Waals surface area contributed by atoms with Crippen molar-refractivity contribution in [3.63, 3.8) is 0 Å². The molecule has 0 bridgehead atoms. The van der Waals surface area contributed by atoms with Gasteiger partial charge in [-0.15, -0.1) is 0 Å². The molecule has 1 saturated heterocycles. The van der Waals surface area contributed by atoms with Crippen molar-refractivity contribution < 1.29 is 25.2 Å². The van der Waals surface area contributed by atoms with Gasteiger partial charge >= 0.3 is 0 Å². The minimum atomic E-state index is -1.09. The fourth-order valence-electron chi connectivity index (χ4n) is 10.8. The first-order valence-corrected chi connectivity index (χ1v) is 15.3. The largest absolute Gasteiger partial charge is 0.511 e. The van der Waals surface area contributed by atoms with E-state index in [0.29, 0.717) is 24.2 Å². The maximum absolute atomic E-state index is 13.6. The average Bonchev–Trinajstić information content (AvgIpc) is 3.50. The molecular weight excluding hydrogens is 492 g/mol. The summed E-state index contributed by atoms with van der Waals surface area (Å²) in [5.74, 6) is -0.427. The number of aliphatic hydroxyl groups is 4. The van der Waals surface area contributed by atoms with Crippen LogP contribution in [0.3, 0.4) is 0 Å². The molecule has 39 heavy (non-hydrogen) atoms. The minimum absolute atomic E-state index is 0.0135. The van der Waals surface area contributed by atoms with Crippen molar-refractivity contribution in [2.75, 3.05) is 19.6 Å². The van der Waals surface area contributed by atoms with E-state index in [1.807, 2.05) is 13.0 Å². The minimum Gasteiger partial charge on any atom is -0.511 e. The maximum Gasteiger partial charge on any atom is 0.174 e. The maximum atomic E-state index is 13.6. The van der Waals surface area contributed by atoms with Crippen LogP contribution in [0.4, 0.5) is 0 Å². The number of hydrogen-bond acceptors (Lipinski definition) is 7. The predicted octanol–water partition coefficient (Wildman–Crippen LogP) is 3.31. The zero-order valence-electron chi connectivity index (χ0n) is 23.6. The molecule has 3 saturated carbocycles. The van der Waals surface area contributed by atoms with Crippen LogP contribution in [0.25, 0.3) is 0 Å². The lowest BCUT2D eigenvalue weighted by molar-refractivity contribution is -0.220. The fraction of sp³-hybridized carbons (Fsp3) is 0.781. The van der Waals surface area contributed by atoms with Crippen LogP contribution >= 0.6 is 0 Å². The number of rotatable bonds is 4. The fourth-order valence-corrected chi connectivity index (χ4v) is 10.8. The second-order valence-electron chi connectivity index (χ2n) is 14.7. The van der Waals surface area contributed by atoms with E-state index in [4.69, 9.17) is 5.73 Å². The predicted molar refractivity (Wildman–Crippen MR) is 149 cm³/mol. The molecule has 1 aliphatic heterocycles. The van der Waals surface area contributed by atoms with Crippen LogP contribution in [0.2, 0.25) is 0 Å². The standard InChI is InChI=1S/C32H48N2O5/c1-17(33)24-23(36)14-32(3)16-31(2)13-21-20(19-7-6-18(12-19)15-34-10-4-5-11-34)8-9-22(35)25(21)29(38)27(31)30(39)26(32)28(24)37/h8-9,18-22,25-27,29-30,35-36,38-39H,1,4-7,10-16,33H2,2-3H3/t18-,19?,20?,21?,22?,25?,26?,27?,29?,30?,31+,32-/m1/s1. The first-order valence-electron chi connectivity index (χ1n) is 15.3. The van der Waals surface area contributed by atoms with Crippen molar-refractivity contribution in [2.24, 2.45) is 58.0 Å². The van der Waals surface area contributed by atoms with Gasteiger partial charge in [0.05, 0.1) is 29.8 Å². The molecule has 0 radical (unpaired) electrons. The zero-order valence-corrected chi connectivity index (χ0v) is 23.6. The number of fused-ring (bicyclic) bond motifs is 3. The summed E-state index contributed by atoms with van der Waals surface area (Å²) < 4.78 is 0. The van der Waals surface area contributed by atoms with Crippen LogP contribution in [0.1, 0.15) is 65.2 Å². The highest BCUT2D eigenvalue weighted by Gasteiger charge is 2.66. The van der Waals surface area contributed by atoms with Crippen LogP contribution in [0.5, 0.6) is 0 Å². The molecule has 0 spiro atoms. The van der Waals surface area contributed by atoms with E-state index in [0.717, 1.165) is 6.42 Å². The Balaban J connectivity index is 1.28. The molecule has 0 aromatic rings. The third kappa shape index (κ3) is 4.34. The molecule has 5 aliphatic carbocycles. The Morgan fingerprint density at radius 3 is 2.51 bits per heavy atom. The number of likely N-dealkylation sites (tertiary alicyclic amines) is 1. The van der Waals surface area contributed by atoms with E-state index >= 15 is 0 Å². The number of nitrogens with two attached hydrogens (primary N) is 1. The third-order valence-electron chi connectivity index (χ3n) is 12.0. The van der Waals surface area contributed by atoms with Crippen LogP contribution in [0.15, 0.2) is 35.8 Å². The van der Waals surface area contributed by atoms with Gasteiger partial charge in [-0.3, -0.25) is 4.79 Å². The molecule has 0 aromatic heterocycles. The first-order chi connectivity index (χ1) is 18.4. The summed E-state index contributed by atoms with van der Waals surface area (Å²) in [6.07, 6.45) is 9.24. The molecule has 4 fully saturated rings. The van der Waals surface area contributed by atoms with Crippen molar-refractivity contribution in [3.8, 4) is 0 Å². The van der Waals surface area contributed by atoms with Gasteiger partial charge in [0, 0.05) is 30.5 Å². The zero-order chi connectivity index (χ0) is 27.9. The smallest absolute Gasteiger partial charge is 0.174 e. The quantitative estimate of drug-likeness (QED) is 0.346. The Bertz CT molecular complexity index is 1080. The lowest BCUT2D eigenvalue weighted by atomic mass is 9.42. The lowest BCUT2D eigenvalue weighted by Crippen LogP contribution is -2.66. The van der Waals surface area contributed by atoms with Gasteiger partial charge in [0.2, 0.25) is 0 Å². The molecule has 1 heterocycles. The number of carbonyl (C=O) groups is 1. The summed E-state index contributed by atoms with van der Waals surface area (Å²) in [5.41, 5.74) is 4.83. The van der Waals surface area contributed by atoms with Crippen molar-refractivity contribution in [1.82, 2.24) is 4.90 Å². The first kappa shape index (κ1) is 27.5. The highest BCUT2D eigenvalue weighted by atomic mass is 16.3. The van der Waals surface area contributed by atoms with Crippen LogP contribution in [0, 0.1) is 52.3 Å². The van der Waals surface area contributed by atoms with Gasteiger partial charge in [-0.25, -0.2) is 0 Å². The Morgan fingerprint density at radius 1 is 1.10 bits per heavy atom. The molecular formula is C32H48N2O5. The Morgan fingerprint density at radius 2 is 1.82 bits per heavy atom. The molecule has 7 heteroatoms. The number of aliphatic hydroxyl groups excluding tert-OH is 4. The Hall–Kier alpha value is -1.67. The van der Waals surface area contributed by atoms with Gasteiger partial charge in [0.1, 0.15) is 5.76 Å². The van der Waals surface area contributed by atoms with Gasteiger partial charge in [-0.05, 0) is 92.5 Å². The van der Waals surface area contributed by atoms with E-state index < -0.39 is 41.0 Å². The molecule has 9 unspecified atom stereocenters. The summed E-state index contributed by atoms with van der Waals surface area (Å²) in [6, 6.07) is 0. The van der Waals surface area contributed by atoms with E-state index in [9.17, 15) is 25.2 Å². The normalized spacial score (nSPS) is 50.0. The highest BCUT2D eigenvalue weighted by Crippen LogP contribution is 2.65. The van der Waals surface area contributed by atoms with E-state index in [1.54, 1.807) is 0 Å². The highest BCUT2D eigenvalue weighted by molar-refractivity contribution is 6.03. The summed E-state index contributed by atoms with van der Waals surface area (Å²) in [4.78, 5) is 16.2. The molecule has 0 aromatic carbocycles. The van der Waals surface area contributed by atoms with Crippen molar-refractivity contribution in [3.05, 3.63) is 35.8 Å².